The Hall–Kier alpha value is -5.15. The summed E-state index contributed by atoms with van der Waals surface area (Å²) in [6.45, 7) is 11.5. The average molecular weight is 616 g/mol. The number of aryl methyl sites for hydroxylation is 3. The molecule has 0 spiro atoms. The fourth-order valence-electron chi connectivity index (χ4n) is 4.59. The summed E-state index contributed by atoms with van der Waals surface area (Å²) in [7, 11) is -3.82. The maximum Gasteiger partial charge on any atom is 0.415 e. The van der Waals surface area contributed by atoms with E-state index in [0.717, 1.165) is 27.6 Å². The minimum atomic E-state index is -3.82. The molecular formula is C32H33N5O6S. The van der Waals surface area contributed by atoms with Crippen LogP contribution in [0.1, 0.15) is 48.9 Å². The zero-order valence-corrected chi connectivity index (χ0v) is 26.1. The van der Waals surface area contributed by atoms with Gasteiger partial charge in [0, 0.05) is 18.1 Å². The third-order valence-corrected chi connectivity index (χ3v) is 8.44. The van der Waals surface area contributed by atoms with Crippen molar-refractivity contribution in [3.63, 3.8) is 0 Å². The average Bonchev–Trinajstić information content (AvgIpc) is 3.36. The standard InChI is InChI=1S/C32H33N5O6S/c1-7-34-32(39)43-31(38)28(17-33)36-35-23-14-21(5)30(22(6)15-23)42-24-10-13-29-26(16-24)27(19(2)3)18-37(29)44(40,41)25-11-8-20(4)9-12-25/h8-16,18-19,35H,7H2,1-6H3,(H,34,39)/b36-28-. The zero-order chi connectivity index (χ0) is 32.2. The third kappa shape index (κ3) is 6.74. The first-order valence-corrected chi connectivity index (χ1v) is 15.3. The molecule has 0 saturated heterocycles. The van der Waals surface area contributed by atoms with Crippen molar-refractivity contribution in [1.29, 1.82) is 5.26 Å². The molecule has 228 valence electrons. The molecule has 0 aliphatic carbocycles. The molecule has 0 aliphatic heterocycles. The molecule has 4 rings (SSSR count). The summed E-state index contributed by atoms with van der Waals surface area (Å²) >= 11 is 0. The highest BCUT2D eigenvalue weighted by atomic mass is 32.2. The summed E-state index contributed by atoms with van der Waals surface area (Å²) in [5.41, 5.74) is 6.34. The van der Waals surface area contributed by atoms with Gasteiger partial charge in [-0.25, -0.2) is 22.0 Å². The lowest BCUT2D eigenvalue weighted by Gasteiger charge is -2.14. The number of carbonyl (C=O) groups excluding carboxylic acids is 2. The van der Waals surface area contributed by atoms with Crippen LogP contribution in [-0.2, 0) is 19.6 Å². The number of nitriles is 1. The number of nitrogens with one attached hydrogen (secondary N) is 2. The molecule has 0 bridgehead atoms. The van der Waals surface area contributed by atoms with Crippen molar-refractivity contribution in [2.24, 2.45) is 5.10 Å². The Morgan fingerprint density at radius 2 is 1.68 bits per heavy atom. The molecule has 4 aromatic rings. The number of hydrogen-bond donors (Lipinski definition) is 2. The molecule has 44 heavy (non-hydrogen) atoms. The van der Waals surface area contributed by atoms with Gasteiger partial charge >= 0.3 is 12.1 Å². The van der Waals surface area contributed by atoms with Crippen molar-refractivity contribution in [3.8, 4) is 17.6 Å². The molecule has 12 heteroatoms. The molecule has 0 saturated carbocycles. The molecule has 11 nitrogen and oxygen atoms in total. The van der Waals surface area contributed by atoms with Crippen LogP contribution in [-0.4, -0.2) is 36.7 Å². The number of nitrogens with zero attached hydrogens (tertiary/aromatic N) is 3. The van der Waals surface area contributed by atoms with Crippen LogP contribution in [0, 0.1) is 32.1 Å². The largest absolute Gasteiger partial charge is 0.457 e. The number of hydrogen-bond acceptors (Lipinski definition) is 9. The first-order chi connectivity index (χ1) is 20.8. The summed E-state index contributed by atoms with van der Waals surface area (Å²) in [5, 5.41) is 16.1. The van der Waals surface area contributed by atoms with Crippen LogP contribution in [0.15, 0.2) is 70.8 Å². The summed E-state index contributed by atoms with van der Waals surface area (Å²) in [5.74, 6) is -0.0354. The molecule has 0 aliphatic rings. The van der Waals surface area contributed by atoms with E-state index in [4.69, 9.17) is 4.74 Å². The van der Waals surface area contributed by atoms with Crippen LogP contribution in [0.2, 0.25) is 0 Å². The SMILES string of the molecule is CCNC(=O)OC(=O)/C(C#N)=N\Nc1cc(C)c(Oc2ccc3c(c2)c(C(C)C)cn3S(=O)(=O)c2ccc(C)cc2)c(C)c1. The highest BCUT2D eigenvalue weighted by Gasteiger charge is 2.23. The van der Waals surface area contributed by atoms with Gasteiger partial charge in [0.05, 0.1) is 16.1 Å². The highest BCUT2D eigenvalue weighted by molar-refractivity contribution is 7.90. The molecule has 3 aromatic carbocycles. The van der Waals surface area contributed by atoms with E-state index in [1.54, 1.807) is 67.7 Å². The molecule has 1 amide bonds. The van der Waals surface area contributed by atoms with E-state index < -0.39 is 27.8 Å². The van der Waals surface area contributed by atoms with Crippen molar-refractivity contribution in [2.45, 2.75) is 52.4 Å². The van der Waals surface area contributed by atoms with E-state index in [1.165, 1.54) is 3.97 Å². The fraction of sp³-hybridized carbons (Fsp3) is 0.250. The number of hydrazone groups is 1. The molecule has 0 unspecified atom stereocenters. The van der Waals surface area contributed by atoms with E-state index in [0.29, 0.717) is 22.7 Å². The molecule has 2 N–H and O–H groups in total. The predicted molar refractivity (Wildman–Crippen MR) is 168 cm³/mol. The normalized spacial score (nSPS) is 11.7. The molecular weight excluding hydrogens is 582 g/mol. The molecule has 0 atom stereocenters. The first kappa shape index (κ1) is 31.8. The summed E-state index contributed by atoms with van der Waals surface area (Å²) in [4.78, 5) is 23.7. The fourth-order valence-corrected chi connectivity index (χ4v) is 5.97. The van der Waals surface area contributed by atoms with Gasteiger partial charge in [0.15, 0.2) is 0 Å². The van der Waals surface area contributed by atoms with Crippen molar-refractivity contribution in [3.05, 3.63) is 83.0 Å². The Kier molecular flexibility index (Phi) is 9.40. The van der Waals surface area contributed by atoms with Crippen LogP contribution in [0.4, 0.5) is 10.5 Å². The Balaban J connectivity index is 1.62. The van der Waals surface area contributed by atoms with Crippen molar-refractivity contribution < 1.29 is 27.5 Å². The number of aromatic nitrogens is 1. The number of anilines is 1. The van der Waals surface area contributed by atoms with Gasteiger partial charge in [-0.1, -0.05) is 31.5 Å². The van der Waals surface area contributed by atoms with Crippen LogP contribution in [0.3, 0.4) is 0 Å². The lowest BCUT2D eigenvalue weighted by Crippen LogP contribution is -2.29. The van der Waals surface area contributed by atoms with E-state index in [-0.39, 0.29) is 17.4 Å². The molecule has 1 heterocycles. The minimum Gasteiger partial charge on any atom is -0.457 e. The quantitative estimate of drug-likeness (QED) is 0.0965. The Morgan fingerprint density at radius 3 is 2.27 bits per heavy atom. The zero-order valence-electron chi connectivity index (χ0n) is 25.3. The van der Waals surface area contributed by atoms with E-state index in [9.17, 15) is 23.3 Å². The second-order valence-electron chi connectivity index (χ2n) is 10.5. The second-order valence-corrected chi connectivity index (χ2v) is 12.3. The first-order valence-electron chi connectivity index (χ1n) is 13.9. The van der Waals surface area contributed by atoms with Gasteiger partial charge in [-0.05, 0) is 92.8 Å². The van der Waals surface area contributed by atoms with Crippen LogP contribution in [0.5, 0.6) is 11.5 Å². The topological polar surface area (TPSA) is 152 Å². The van der Waals surface area contributed by atoms with Gasteiger partial charge in [-0.15, -0.1) is 0 Å². The molecule has 0 fully saturated rings. The maximum atomic E-state index is 13.6. The number of amides is 1. The summed E-state index contributed by atoms with van der Waals surface area (Å²) in [6, 6.07) is 17.1. The Morgan fingerprint density at radius 1 is 1.02 bits per heavy atom. The van der Waals surface area contributed by atoms with Crippen LogP contribution >= 0.6 is 0 Å². The number of fused-ring (bicyclic) bond motifs is 1. The van der Waals surface area contributed by atoms with Gasteiger partial charge in [0.1, 0.15) is 17.6 Å². The van der Waals surface area contributed by atoms with E-state index >= 15 is 0 Å². The van der Waals surface area contributed by atoms with Gasteiger partial charge in [0.25, 0.3) is 10.0 Å². The van der Waals surface area contributed by atoms with Crippen molar-refractivity contribution >= 4 is 44.4 Å². The highest BCUT2D eigenvalue weighted by Crippen LogP contribution is 2.36. The van der Waals surface area contributed by atoms with Crippen LogP contribution < -0.4 is 15.5 Å². The number of esters is 1. The molecule has 0 radical (unpaired) electrons. The van der Waals surface area contributed by atoms with Crippen molar-refractivity contribution in [2.75, 3.05) is 12.0 Å². The number of benzene rings is 3. The lowest BCUT2D eigenvalue weighted by molar-refractivity contribution is -0.129. The summed E-state index contributed by atoms with van der Waals surface area (Å²) < 4.78 is 39.3. The van der Waals surface area contributed by atoms with E-state index in [1.807, 2.05) is 40.7 Å². The third-order valence-electron chi connectivity index (χ3n) is 6.76. The number of carbonyl (C=O) groups is 2. The number of alkyl carbamates (subject to hydrolysis) is 1. The summed E-state index contributed by atoms with van der Waals surface area (Å²) in [6.07, 6.45) is 0.699. The van der Waals surface area contributed by atoms with Gasteiger partial charge in [-0.2, -0.15) is 10.4 Å². The van der Waals surface area contributed by atoms with Gasteiger partial charge < -0.3 is 14.8 Å². The Bertz CT molecular complexity index is 1900. The van der Waals surface area contributed by atoms with E-state index in [2.05, 4.69) is 20.6 Å². The predicted octanol–water partition coefficient (Wildman–Crippen LogP) is 6.28. The number of rotatable bonds is 9. The molecule has 1 aromatic heterocycles. The van der Waals surface area contributed by atoms with Crippen LogP contribution in [0.25, 0.3) is 10.9 Å². The monoisotopic (exact) mass is 615 g/mol. The lowest BCUT2D eigenvalue weighted by atomic mass is 10.0. The maximum absolute atomic E-state index is 13.6. The second kappa shape index (κ2) is 13.0. The van der Waals surface area contributed by atoms with Crippen molar-refractivity contribution in [1.82, 2.24) is 9.29 Å². The number of ether oxygens (including phenoxy) is 2. The Labute approximate surface area is 256 Å². The smallest absolute Gasteiger partial charge is 0.415 e. The van der Waals surface area contributed by atoms with Gasteiger partial charge in [-0.3, -0.25) is 5.43 Å². The van der Waals surface area contributed by atoms with Gasteiger partial charge in [0.2, 0.25) is 5.71 Å². The minimum absolute atomic E-state index is 0.0493.